The van der Waals surface area contributed by atoms with Crippen molar-refractivity contribution in [3.05, 3.63) is 35.9 Å². The molecular weight excluding hydrogens is 218 g/mol. The van der Waals surface area contributed by atoms with Crippen LogP contribution in [0.1, 0.15) is 5.56 Å². The molecule has 1 fully saturated rings. The fourth-order valence-corrected chi connectivity index (χ4v) is 1.67. The molecule has 0 amide bonds. The minimum absolute atomic E-state index is 0.0217. The molecule has 1 saturated heterocycles. The Kier molecular flexibility index (Phi) is 3.90. The third kappa shape index (κ3) is 2.93. The molecule has 0 spiro atoms. The molecule has 1 aromatic carbocycles. The summed E-state index contributed by atoms with van der Waals surface area (Å²) in [5.74, 6) is 0.778. The largest absolute Gasteiger partial charge is 0.496 e. The van der Waals surface area contributed by atoms with Crippen LogP contribution in [0.4, 0.5) is 0 Å². The minimum atomic E-state index is -0.221. The van der Waals surface area contributed by atoms with Gasteiger partial charge in [0.05, 0.1) is 26.5 Å². The summed E-state index contributed by atoms with van der Waals surface area (Å²) in [6, 6.07) is 7.34. The first-order valence-electron chi connectivity index (χ1n) is 5.47. The number of carbonyl (C=O) groups is 1. The Morgan fingerprint density at radius 3 is 3.06 bits per heavy atom. The van der Waals surface area contributed by atoms with Crippen molar-refractivity contribution in [1.82, 2.24) is 5.32 Å². The zero-order valence-electron chi connectivity index (χ0n) is 9.68. The van der Waals surface area contributed by atoms with Gasteiger partial charge in [0.25, 0.3) is 0 Å². The summed E-state index contributed by atoms with van der Waals surface area (Å²) in [5, 5.41) is 2.97. The topological polar surface area (TPSA) is 47.6 Å². The van der Waals surface area contributed by atoms with Crippen molar-refractivity contribution in [2.45, 2.75) is 6.04 Å². The number of ketones is 1. The molecule has 0 saturated carbocycles. The van der Waals surface area contributed by atoms with Crippen molar-refractivity contribution in [2.24, 2.45) is 0 Å². The lowest BCUT2D eigenvalue weighted by atomic mass is 10.1. The van der Waals surface area contributed by atoms with Gasteiger partial charge < -0.3 is 9.47 Å². The molecule has 0 bridgehead atoms. The number of rotatable bonds is 4. The van der Waals surface area contributed by atoms with Crippen LogP contribution in [0.15, 0.2) is 30.3 Å². The lowest BCUT2D eigenvalue weighted by molar-refractivity contribution is -0.116. The summed E-state index contributed by atoms with van der Waals surface area (Å²) in [6.07, 6.45) is 3.32. The third-order valence-electron chi connectivity index (χ3n) is 2.63. The van der Waals surface area contributed by atoms with E-state index in [1.165, 1.54) is 0 Å². The molecule has 90 valence electrons. The molecule has 0 radical (unpaired) electrons. The first-order valence-corrected chi connectivity index (χ1v) is 5.47. The van der Waals surface area contributed by atoms with Crippen LogP contribution in [0.25, 0.3) is 6.08 Å². The maximum Gasteiger partial charge on any atom is 0.175 e. The van der Waals surface area contributed by atoms with Gasteiger partial charge in [-0.25, -0.2) is 0 Å². The van der Waals surface area contributed by atoms with E-state index in [1.54, 1.807) is 19.3 Å². The molecule has 4 heteroatoms. The van der Waals surface area contributed by atoms with Crippen LogP contribution in [0.3, 0.4) is 0 Å². The van der Waals surface area contributed by atoms with E-state index in [2.05, 4.69) is 5.32 Å². The van der Waals surface area contributed by atoms with Crippen LogP contribution in [0.5, 0.6) is 5.75 Å². The average Bonchev–Trinajstić information content (AvgIpc) is 2.90. The normalized spacial score (nSPS) is 19.7. The number of carbonyl (C=O) groups excluding carboxylic acids is 1. The Labute approximate surface area is 100 Å². The van der Waals surface area contributed by atoms with Gasteiger partial charge in [-0.05, 0) is 18.2 Å². The molecule has 0 aromatic heterocycles. The molecule has 2 rings (SSSR count). The van der Waals surface area contributed by atoms with Crippen molar-refractivity contribution in [1.29, 1.82) is 0 Å². The number of methoxy groups -OCH3 is 1. The van der Waals surface area contributed by atoms with E-state index in [0.29, 0.717) is 13.3 Å². The van der Waals surface area contributed by atoms with Crippen LogP contribution in [-0.4, -0.2) is 32.3 Å². The van der Waals surface area contributed by atoms with Crippen LogP contribution in [0, 0.1) is 0 Å². The van der Waals surface area contributed by atoms with Gasteiger partial charge in [-0.15, -0.1) is 0 Å². The quantitative estimate of drug-likeness (QED) is 0.794. The second-order valence-electron chi connectivity index (χ2n) is 3.75. The average molecular weight is 233 g/mol. The highest BCUT2D eigenvalue weighted by Crippen LogP contribution is 2.18. The second-order valence-corrected chi connectivity index (χ2v) is 3.75. The van der Waals surface area contributed by atoms with Gasteiger partial charge in [0, 0.05) is 5.56 Å². The van der Waals surface area contributed by atoms with E-state index in [-0.39, 0.29) is 11.8 Å². The summed E-state index contributed by atoms with van der Waals surface area (Å²) in [6.45, 7) is 0.883. The first-order chi connectivity index (χ1) is 8.31. The van der Waals surface area contributed by atoms with Crippen molar-refractivity contribution in [3.63, 3.8) is 0 Å². The van der Waals surface area contributed by atoms with E-state index >= 15 is 0 Å². The standard InChI is InChI=1S/C13H15NO3/c1-16-13-5-3-2-4-10(13)6-7-12(15)11-8-17-9-14-11/h2-7,11,14H,8-9H2,1H3/b7-6+/t11-/m0/s1. The molecule has 17 heavy (non-hydrogen) atoms. The van der Waals surface area contributed by atoms with E-state index in [1.807, 2.05) is 24.3 Å². The molecule has 1 heterocycles. The highest BCUT2D eigenvalue weighted by Gasteiger charge is 2.20. The summed E-state index contributed by atoms with van der Waals surface area (Å²) in [5.41, 5.74) is 0.891. The Hall–Kier alpha value is -1.65. The predicted molar refractivity (Wildman–Crippen MR) is 64.8 cm³/mol. The molecule has 0 unspecified atom stereocenters. The summed E-state index contributed by atoms with van der Waals surface area (Å²) in [7, 11) is 1.61. The smallest absolute Gasteiger partial charge is 0.175 e. The fraction of sp³-hybridized carbons (Fsp3) is 0.308. The number of hydrogen-bond acceptors (Lipinski definition) is 4. The number of hydrogen-bond donors (Lipinski definition) is 1. The van der Waals surface area contributed by atoms with Crippen LogP contribution >= 0.6 is 0 Å². The molecular formula is C13H15NO3. The van der Waals surface area contributed by atoms with Gasteiger partial charge in [-0.1, -0.05) is 18.2 Å². The van der Waals surface area contributed by atoms with Gasteiger partial charge in [0.2, 0.25) is 0 Å². The highest BCUT2D eigenvalue weighted by atomic mass is 16.5. The first kappa shape index (κ1) is 11.8. The lowest BCUT2D eigenvalue weighted by Crippen LogP contribution is -2.31. The minimum Gasteiger partial charge on any atom is -0.496 e. The second kappa shape index (κ2) is 5.61. The molecule has 4 nitrogen and oxygen atoms in total. The summed E-state index contributed by atoms with van der Waals surface area (Å²) < 4.78 is 10.3. The Morgan fingerprint density at radius 1 is 1.53 bits per heavy atom. The Balaban J connectivity index is 2.06. The SMILES string of the molecule is COc1ccccc1/C=C/C(=O)[C@@H]1COCN1. The van der Waals surface area contributed by atoms with E-state index in [0.717, 1.165) is 11.3 Å². The van der Waals surface area contributed by atoms with Crippen LogP contribution < -0.4 is 10.1 Å². The maximum atomic E-state index is 11.7. The number of nitrogens with one attached hydrogen (secondary N) is 1. The summed E-state index contributed by atoms with van der Waals surface area (Å²) >= 11 is 0. The predicted octanol–water partition coefficient (Wildman–Crippen LogP) is 1.22. The van der Waals surface area contributed by atoms with Gasteiger partial charge in [-0.2, -0.15) is 0 Å². The zero-order chi connectivity index (χ0) is 12.1. The molecule has 1 aliphatic heterocycles. The molecule has 1 aromatic rings. The molecule has 1 atom stereocenters. The monoisotopic (exact) mass is 233 g/mol. The number of benzene rings is 1. The van der Waals surface area contributed by atoms with Crippen LogP contribution in [0.2, 0.25) is 0 Å². The fourth-order valence-electron chi connectivity index (χ4n) is 1.67. The van der Waals surface area contributed by atoms with E-state index in [9.17, 15) is 4.79 Å². The molecule has 1 aliphatic rings. The zero-order valence-corrected chi connectivity index (χ0v) is 9.68. The lowest BCUT2D eigenvalue weighted by Gasteiger charge is -2.04. The van der Waals surface area contributed by atoms with Crippen molar-refractivity contribution in [3.8, 4) is 5.75 Å². The molecule has 1 N–H and O–H groups in total. The number of para-hydroxylation sites is 1. The maximum absolute atomic E-state index is 11.7. The van der Waals surface area contributed by atoms with Crippen molar-refractivity contribution in [2.75, 3.05) is 20.4 Å². The number of ether oxygens (including phenoxy) is 2. The van der Waals surface area contributed by atoms with Gasteiger partial charge in [0.15, 0.2) is 5.78 Å². The van der Waals surface area contributed by atoms with E-state index < -0.39 is 0 Å². The third-order valence-corrected chi connectivity index (χ3v) is 2.63. The van der Waals surface area contributed by atoms with Crippen molar-refractivity contribution < 1.29 is 14.3 Å². The van der Waals surface area contributed by atoms with E-state index in [4.69, 9.17) is 9.47 Å². The van der Waals surface area contributed by atoms with Gasteiger partial charge >= 0.3 is 0 Å². The van der Waals surface area contributed by atoms with Gasteiger partial charge in [-0.3, -0.25) is 10.1 Å². The van der Waals surface area contributed by atoms with Crippen LogP contribution in [-0.2, 0) is 9.53 Å². The Bertz CT molecular complexity index is 422. The summed E-state index contributed by atoms with van der Waals surface area (Å²) in [4.78, 5) is 11.7. The Morgan fingerprint density at radius 2 is 2.35 bits per heavy atom. The molecule has 0 aliphatic carbocycles. The van der Waals surface area contributed by atoms with Crippen molar-refractivity contribution >= 4 is 11.9 Å². The van der Waals surface area contributed by atoms with Gasteiger partial charge in [0.1, 0.15) is 5.75 Å². The highest BCUT2D eigenvalue weighted by molar-refractivity contribution is 5.98.